The third-order valence-electron chi connectivity index (χ3n) is 4.38. The van der Waals surface area contributed by atoms with Crippen molar-refractivity contribution < 1.29 is 14.0 Å². The van der Waals surface area contributed by atoms with E-state index in [9.17, 15) is 0 Å². The molecule has 0 spiro atoms. The van der Waals surface area contributed by atoms with Crippen LogP contribution < -0.4 is 9.47 Å². The molecule has 1 aromatic heterocycles. The molecule has 5 heteroatoms. The van der Waals surface area contributed by atoms with Crippen molar-refractivity contribution >= 4 is 0 Å². The lowest BCUT2D eigenvalue weighted by molar-refractivity contribution is 0.284. The highest BCUT2D eigenvalue weighted by atomic mass is 16.5. The van der Waals surface area contributed by atoms with Crippen LogP contribution >= 0.6 is 0 Å². The Bertz CT molecular complexity index is 1060. The van der Waals surface area contributed by atoms with Gasteiger partial charge in [0.25, 0.3) is 5.89 Å². The van der Waals surface area contributed by atoms with Gasteiger partial charge in [0.15, 0.2) is 11.5 Å². The van der Waals surface area contributed by atoms with Gasteiger partial charge in [0.1, 0.15) is 6.61 Å². The first kappa shape index (κ1) is 17.8. The first-order valence-electron chi connectivity index (χ1n) is 8.99. The van der Waals surface area contributed by atoms with Crippen LogP contribution in [0, 0.1) is 6.92 Å². The van der Waals surface area contributed by atoms with Gasteiger partial charge in [-0.05, 0) is 42.8 Å². The van der Waals surface area contributed by atoms with Crippen LogP contribution in [0.1, 0.15) is 11.1 Å². The van der Waals surface area contributed by atoms with E-state index in [-0.39, 0.29) is 0 Å². The fraction of sp³-hybridized carbons (Fsp3) is 0.130. The van der Waals surface area contributed by atoms with Gasteiger partial charge in [-0.2, -0.15) is 4.98 Å². The van der Waals surface area contributed by atoms with Crippen molar-refractivity contribution in [2.24, 2.45) is 0 Å². The summed E-state index contributed by atoms with van der Waals surface area (Å²) in [5, 5.41) is 4.09. The quantitative estimate of drug-likeness (QED) is 0.460. The molecule has 0 radical (unpaired) electrons. The van der Waals surface area contributed by atoms with Crippen LogP contribution in [-0.2, 0) is 6.61 Å². The van der Waals surface area contributed by atoms with Crippen LogP contribution in [0.15, 0.2) is 77.3 Å². The fourth-order valence-electron chi connectivity index (χ4n) is 2.81. The Labute approximate surface area is 163 Å². The van der Waals surface area contributed by atoms with Gasteiger partial charge >= 0.3 is 0 Å². The first-order valence-corrected chi connectivity index (χ1v) is 8.99. The second-order valence-corrected chi connectivity index (χ2v) is 6.43. The molecule has 0 fully saturated rings. The van der Waals surface area contributed by atoms with Crippen LogP contribution in [0.3, 0.4) is 0 Å². The zero-order chi connectivity index (χ0) is 19.3. The second kappa shape index (κ2) is 7.96. The van der Waals surface area contributed by atoms with E-state index in [1.165, 1.54) is 5.56 Å². The maximum Gasteiger partial charge on any atom is 0.258 e. The monoisotopic (exact) mass is 372 g/mol. The zero-order valence-corrected chi connectivity index (χ0v) is 15.8. The highest BCUT2D eigenvalue weighted by Gasteiger charge is 2.13. The molecule has 4 rings (SSSR count). The number of aryl methyl sites for hydroxylation is 1. The van der Waals surface area contributed by atoms with Crippen molar-refractivity contribution in [2.75, 3.05) is 7.11 Å². The van der Waals surface area contributed by atoms with Crippen molar-refractivity contribution in [3.8, 4) is 34.3 Å². The molecule has 0 atom stereocenters. The average molecular weight is 372 g/mol. The summed E-state index contributed by atoms with van der Waals surface area (Å²) >= 11 is 0. The minimum atomic E-state index is 0.469. The lowest BCUT2D eigenvalue weighted by Gasteiger charge is -2.11. The standard InChI is InChI=1S/C23H20N2O3/c1-16-8-10-17(11-9-16)15-27-20-13-12-19(14-21(20)26-2)22-24-23(28-25-22)18-6-4-3-5-7-18/h3-14H,15H2,1-2H3. The van der Waals surface area contributed by atoms with Gasteiger partial charge in [-0.15, -0.1) is 0 Å². The van der Waals surface area contributed by atoms with E-state index in [1.807, 2.05) is 48.5 Å². The molecule has 0 amide bonds. The SMILES string of the molecule is COc1cc(-c2noc(-c3ccccc3)n2)ccc1OCc1ccc(C)cc1. The largest absolute Gasteiger partial charge is 0.493 e. The highest BCUT2D eigenvalue weighted by molar-refractivity contribution is 5.63. The Hall–Kier alpha value is -3.60. The topological polar surface area (TPSA) is 57.4 Å². The molecule has 0 aliphatic carbocycles. The molecule has 0 saturated heterocycles. The molecule has 0 unspecified atom stereocenters. The molecule has 0 saturated carbocycles. The smallest absolute Gasteiger partial charge is 0.258 e. The molecule has 0 N–H and O–H groups in total. The molecule has 4 aromatic rings. The van der Waals surface area contributed by atoms with Gasteiger partial charge in [-0.1, -0.05) is 53.2 Å². The molecule has 0 aliphatic rings. The molecule has 5 nitrogen and oxygen atoms in total. The third-order valence-corrected chi connectivity index (χ3v) is 4.38. The number of rotatable bonds is 6. The van der Waals surface area contributed by atoms with Gasteiger partial charge in [0.05, 0.1) is 7.11 Å². The number of aromatic nitrogens is 2. The maximum absolute atomic E-state index is 5.93. The Morgan fingerprint density at radius 1 is 0.857 bits per heavy atom. The van der Waals surface area contributed by atoms with E-state index >= 15 is 0 Å². The summed E-state index contributed by atoms with van der Waals surface area (Å²) in [5.41, 5.74) is 4.00. The zero-order valence-electron chi connectivity index (χ0n) is 15.8. The minimum Gasteiger partial charge on any atom is -0.493 e. The lowest BCUT2D eigenvalue weighted by atomic mass is 10.1. The van der Waals surface area contributed by atoms with Crippen molar-refractivity contribution in [2.45, 2.75) is 13.5 Å². The van der Waals surface area contributed by atoms with Crippen molar-refractivity contribution in [1.29, 1.82) is 0 Å². The van der Waals surface area contributed by atoms with Crippen molar-refractivity contribution in [1.82, 2.24) is 10.1 Å². The third kappa shape index (κ3) is 3.88. The summed E-state index contributed by atoms with van der Waals surface area (Å²) in [6, 6.07) is 23.5. The number of hydrogen-bond donors (Lipinski definition) is 0. The van der Waals surface area contributed by atoms with E-state index in [1.54, 1.807) is 7.11 Å². The van der Waals surface area contributed by atoms with Crippen molar-refractivity contribution in [3.63, 3.8) is 0 Å². The number of methoxy groups -OCH3 is 1. The lowest BCUT2D eigenvalue weighted by Crippen LogP contribution is -1.98. The van der Waals surface area contributed by atoms with Gasteiger partial charge in [0, 0.05) is 11.1 Å². The first-order chi connectivity index (χ1) is 13.7. The Kier molecular flexibility index (Phi) is 5.06. The van der Waals surface area contributed by atoms with Crippen molar-refractivity contribution in [3.05, 3.63) is 83.9 Å². The summed E-state index contributed by atoms with van der Waals surface area (Å²) < 4.78 is 16.8. The van der Waals surface area contributed by atoms with E-state index in [4.69, 9.17) is 14.0 Å². The summed E-state index contributed by atoms with van der Waals surface area (Å²) in [4.78, 5) is 4.48. The number of nitrogens with zero attached hydrogens (tertiary/aromatic N) is 2. The van der Waals surface area contributed by atoms with E-state index in [0.29, 0.717) is 29.8 Å². The molecule has 1 heterocycles. The number of hydrogen-bond acceptors (Lipinski definition) is 5. The van der Waals surface area contributed by atoms with E-state index < -0.39 is 0 Å². The predicted molar refractivity (Wildman–Crippen MR) is 107 cm³/mol. The van der Waals surface area contributed by atoms with Crippen LogP contribution in [-0.4, -0.2) is 17.3 Å². The summed E-state index contributed by atoms with van der Waals surface area (Å²) in [7, 11) is 1.61. The van der Waals surface area contributed by atoms with Crippen LogP contribution in [0.4, 0.5) is 0 Å². The molecular formula is C23H20N2O3. The average Bonchev–Trinajstić information content (AvgIpc) is 3.24. The number of ether oxygens (including phenoxy) is 2. The Balaban J connectivity index is 1.53. The molecular weight excluding hydrogens is 352 g/mol. The van der Waals surface area contributed by atoms with Crippen LogP contribution in [0.2, 0.25) is 0 Å². The second-order valence-electron chi connectivity index (χ2n) is 6.43. The summed E-state index contributed by atoms with van der Waals surface area (Å²) in [6.45, 7) is 2.53. The van der Waals surface area contributed by atoms with Crippen LogP contribution in [0.25, 0.3) is 22.8 Å². The molecule has 140 valence electrons. The van der Waals surface area contributed by atoms with Gasteiger partial charge in [-0.25, -0.2) is 0 Å². The molecule has 28 heavy (non-hydrogen) atoms. The van der Waals surface area contributed by atoms with E-state index in [2.05, 4.69) is 41.3 Å². The Morgan fingerprint density at radius 2 is 1.64 bits per heavy atom. The predicted octanol–water partition coefficient (Wildman–Crippen LogP) is 5.30. The fourth-order valence-corrected chi connectivity index (χ4v) is 2.81. The molecule has 0 aliphatic heterocycles. The summed E-state index contributed by atoms with van der Waals surface area (Å²) in [6.07, 6.45) is 0. The molecule has 0 bridgehead atoms. The highest BCUT2D eigenvalue weighted by Crippen LogP contribution is 2.32. The Morgan fingerprint density at radius 3 is 2.39 bits per heavy atom. The summed E-state index contributed by atoms with van der Waals surface area (Å²) in [5.74, 6) is 2.27. The van der Waals surface area contributed by atoms with Gasteiger partial charge < -0.3 is 14.0 Å². The van der Waals surface area contributed by atoms with Gasteiger partial charge in [0.2, 0.25) is 5.82 Å². The maximum atomic E-state index is 5.93. The normalized spacial score (nSPS) is 10.6. The molecule has 3 aromatic carbocycles. The van der Waals surface area contributed by atoms with Gasteiger partial charge in [-0.3, -0.25) is 0 Å². The minimum absolute atomic E-state index is 0.469. The van der Waals surface area contributed by atoms with Crippen LogP contribution in [0.5, 0.6) is 11.5 Å². The van der Waals surface area contributed by atoms with E-state index in [0.717, 1.165) is 16.7 Å². The number of benzene rings is 3.